The summed E-state index contributed by atoms with van der Waals surface area (Å²) in [6, 6.07) is 33.3. The van der Waals surface area contributed by atoms with E-state index in [1.807, 2.05) is 0 Å². The molecule has 6 atom stereocenters. The van der Waals surface area contributed by atoms with Gasteiger partial charge in [0.2, 0.25) is 0 Å². The number of methoxy groups -OCH3 is 1. The first kappa shape index (κ1) is 21.9. The summed E-state index contributed by atoms with van der Waals surface area (Å²) < 4.78 is 5.66. The Bertz CT molecular complexity index is 1050. The summed E-state index contributed by atoms with van der Waals surface area (Å²) in [6.07, 6.45) is 6.78. The van der Waals surface area contributed by atoms with Crippen molar-refractivity contribution in [1.82, 2.24) is 10.2 Å². The Balaban J connectivity index is 1.39. The summed E-state index contributed by atoms with van der Waals surface area (Å²) in [5, 5.41) is 4.05. The monoisotopic (exact) mass is 452 g/mol. The molecule has 3 unspecified atom stereocenters. The van der Waals surface area contributed by atoms with Crippen LogP contribution in [0.1, 0.15) is 54.7 Å². The van der Waals surface area contributed by atoms with E-state index >= 15 is 0 Å². The zero-order valence-corrected chi connectivity index (χ0v) is 20.1. The molecule has 3 nitrogen and oxygen atoms in total. The van der Waals surface area contributed by atoms with E-state index in [4.69, 9.17) is 4.74 Å². The van der Waals surface area contributed by atoms with Crippen LogP contribution in [0.3, 0.4) is 0 Å². The van der Waals surface area contributed by atoms with Crippen LogP contribution in [0.25, 0.3) is 0 Å². The van der Waals surface area contributed by atoms with E-state index in [9.17, 15) is 0 Å². The number of ether oxygens (including phenoxy) is 1. The molecule has 1 N–H and O–H groups in total. The van der Waals surface area contributed by atoms with Crippen molar-refractivity contribution < 1.29 is 4.74 Å². The molecule has 0 spiro atoms. The summed E-state index contributed by atoms with van der Waals surface area (Å²) >= 11 is 0. The lowest BCUT2D eigenvalue weighted by atomic mass is 9.74. The van der Waals surface area contributed by atoms with Crippen molar-refractivity contribution in [2.75, 3.05) is 7.11 Å². The summed E-state index contributed by atoms with van der Waals surface area (Å²) in [6.45, 7) is 0.845. The number of para-hydroxylation sites is 1. The highest BCUT2D eigenvalue weighted by atomic mass is 16.5. The fourth-order valence-corrected chi connectivity index (χ4v) is 7.35. The Kier molecular flexibility index (Phi) is 6.15. The van der Waals surface area contributed by atoms with Crippen LogP contribution in [0, 0.1) is 5.92 Å². The molecule has 3 heteroatoms. The number of benzene rings is 3. The Morgan fingerprint density at radius 3 is 2.24 bits per heavy atom. The topological polar surface area (TPSA) is 24.5 Å². The zero-order valence-electron chi connectivity index (χ0n) is 20.1. The van der Waals surface area contributed by atoms with Gasteiger partial charge in [-0.15, -0.1) is 0 Å². The van der Waals surface area contributed by atoms with Crippen molar-refractivity contribution >= 4 is 0 Å². The van der Waals surface area contributed by atoms with Gasteiger partial charge in [0, 0.05) is 42.2 Å². The molecule has 0 aromatic heterocycles. The number of hydrogen-bond acceptors (Lipinski definition) is 3. The van der Waals surface area contributed by atoms with Gasteiger partial charge in [0.1, 0.15) is 5.75 Å². The fraction of sp³-hybridized carbons (Fsp3) is 0.419. The number of hydrogen-bond donors (Lipinski definition) is 1. The van der Waals surface area contributed by atoms with Crippen LogP contribution in [0.15, 0.2) is 84.9 Å². The quantitative estimate of drug-likeness (QED) is 0.476. The van der Waals surface area contributed by atoms with Crippen LogP contribution in [-0.4, -0.2) is 36.2 Å². The van der Waals surface area contributed by atoms with Crippen molar-refractivity contribution in [3.05, 3.63) is 102 Å². The minimum Gasteiger partial charge on any atom is -0.496 e. The van der Waals surface area contributed by atoms with Crippen LogP contribution in [0.5, 0.6) is 5.75 Å². The Morgan fingerprint density at radius 2 is 1.53 bits per heavy atom. The molecule has 176 valence electrons. The third-order valence-corrected chi connectivity index (χ3v) is 8.68. The molecule has 3 aliphatic heterocycles. The van der Waals surface area contributed by atoms with Crippen LogP contribution < -0.4 is 10.1 Å². The lowest BCUT2D eigenvalue weighted by molar-refractivity contribution is 0.0151. The maximum atomic E-state index is 5.66. The maximum Gasteiger partial charge on any atom is 0.123 e. The highest BCUT2D eigenvalue weighted by Gasteiger charge is 2.54. The lowest BCUT2D eigenvalue weighted by Crippen LogP contribution is -2.61. The van der Waals surface area contributed by atoms with Gasteiger partial charge >= 0.3 is 0 Å². The van der Waals surface area contributed by atoms with Gasteiger partial charge in [-0.2, -0.15) is 0 Å². The Morgan fingerprint density at radius 1 is 0.853 bits per heavy atom. The molecule has 3 aromatic carbocycles. The predicted molar refractivity (Wildman–Crippen MR) is 138 cm³/mol. The molecule has 0 amide bonds. The Labute approximate surface area is 204 Å². The molecule has 3 heterocycles. The summed E-state index contributed by atoms with van der Waals surface area (Å²) in [5.74, 6) is 2.16. The first-order chi connectivity index (χ1) is 16.8. The number of rotatable bonds is 7. The lowest BCUT2D eigenvalue weighted by Gasteiger charge is -2.52. The van der Waals surface area contributed by atoms with E-state index in [1.54, 1.807) is 7.11 Å². The van der Waals surface area contributed by atoms with Crippen molar-refractivity contribution in [1.29, 1.82) is 0 Å². The van der Waals surface area contributed by atoms with E-state index in [0.717, 1.165) is 30.3 Å². The number of piperidine rings is 2. The second-order valence-corrected chi connectivity index (χ2v) is 10.4. The van der Waals surface area contributed by atoms with Crippen molar-refractivity contribution in [2.24, 2.45) is 5.92 Å². The molecular formula is C31H36N2O. The van der Waals surface area contributed by atoms with Gasteiger partial charge in [0.25, 0.3) is 0 Å². The van der Waals surface area contributed by atoms with Gasteiger partial charge in [-0.1, -0.05) is 85.3 Å². The molecular weight excluding hydrogens is 416 g/mol. The van der Waals surface area contributed by atoms with Crippen molar-refractivity contribution in [3.8, 4) is 5.75 Å². The highest BCUT2D eigenvalue weighted by molar-refractivity contribution is 5.37. The Hall–Kier alpha value is -2.62. The average Bonchev–Trinajstić information content (AvgIpc) is 3.02. The van der Waals surface area contributed by atoms with Crippen molar-refractivity contribution in [2.45, 2.75) is 68.7 Å². The summed E-state index contributed by atoms with van der Waals surface area (Å²) in [7, 11) is 1.77. The smallest absolute Gasteiger partial charge is 0.123 e. The summed E-state index contributed by atoms with van der Waals surface area (Å²) in [4.78, 5) is 2.97. The molecule has 4 bridgehead atoms. The van der Waals surface area contributed by atoms with E-state index in [1.165, 1.54) is 48.8 Å². The highest BCUT2D eigenvalue weighted by Crippen LogP contribution is 2.51. The van der Waals surface area contributed by atoms with Crippen molar-refractivity contribution in [3.63, 3.8) is 0 Å². The first-order valence-corrected chi connectivity index (χ1v) is 13.1. The number of nitrogens with one attached hydrogen (secondary N) is 1. The van der Waals surface area contributed by atoms with Gasteiger partial charge in [0.05, 0.1) is 7.11 Å². The molecule has 34 heavy (non-hydrogen) atoms. The van der Waals surface area contributed by atoms with E-state index in [2.05, 4.69) is 95.1 Å². The molecule has 3 fully saturated rings. The van der Waals surface area contributed by atoms with Gasteiger partial charge < -0.3 is 10.1 Å². The fourth-order valence-electron chi connectivity index (χ4n) is 7.35. The third kappa shape index (κ3) is 3.95. The van der Waals surface area contributed by atoms with Gasteiger partial charge in [0.15, 0.2) is 0 Å². The van der Waals surface area contributed by atoms with E-state index in [-0.39, 0.29) is 0 Å². The van der Waals surface area contributed by atoms with E-state index in [0.29, 0.717) is 18.0 Å². The standard InChI is InChI=1S/C31H36N2O/c1-34-29-18-9-8-15-24(29)21-32-27-20-25-19-26-16-10-17-28(25)33(26)31(27)30(22-11-4-2-5-12-22)23-13-6-3-7-14-23/h2-9,11-15,18,25-28,30-32H,10,16-17,19-21H2,1H3/t25-,26-,27?,28-,31?/m1/s1. The predicted octanol–water partition coefficient (Wildman–Crippen LogP) is 6.00. The normalized spacial score (nSPS) is 29.8. The maximum absolute atomic E-state index is 5.66. The zero-order chi connectivity index (χ0) is 22.9. The molecule has 0 saturated carbocycles. The second-order valence-electron chi connectivity index (χ2n) is 10.4. The van der Waals surface area contributed by atoms with Crippen LogP contribution >= 0.6 is 0 Å². The average molecular weight is 453 g/mol. The molecule has 3 aliphatic rings. The first-order valence-electron chi connectivity index (χ1n) is 13.1. The molecule has 3 saturated heterocycles. The number of nitrogens with zero attached hydrogens (tertiary/aromatic N) is 1. The molecule has 0 aliphatic carbocycles. The molecule has 6 rings (SSSR count). The van der Waals surface area contributed by atoms with E-state index < -0.39 is 0 Å². The summed E-state index contributed by atoms with van der Waals surface area (Å²) in [5.41, 5.74) is 4.12. The van der Waals surface area contributed by atoms with Crippen LogP contribution in [0.2, 0.25) is 0 Å². The SMILES string of the molecule is COc1ccccc1CNC1C[C@H]2C[C@H]3CCC[C@H]2N3C1C(c1ccccc1)c1ccccc1. The van der Waals surface area contributed by atoms with Gasteiger partial charge in [-0.25, -0.2) is 0 Å². The van der Waals surface area contributed by atoms with Crippen LogP contribution in [0.4, 0.5) is 0 Å². The third-order valence-electron chi connectivity index (χ3n) is 8.68. The minimum atomic E-state index is 0.361. The largest absolute Gasteiger partial charge is 0.496 e. The molecule has 3 aromatic rings. The van der Waals surface area contributed by atoms with Gasteiger partial charge in [-0.3, -0.25) is 4.90 Å². The molecule has 0 radical (unpaired) electrons. The minimum absolute atomic E-state index is 0.361. The van der Waals surface area contributed by atoms with Gasteiger partial charge in [-0.05, 0) is 48.8 Å². The second kappa shape index (κ2) is 9.56. The van der Waals surface area contributed by atoms with Crippen LogP contribution in [-0.2, 0) is 6.54 Å².